The van der Waals surface area contributed by atoms with Gasteiger partial charge in [-0.25, -0.2) is 0 Å². The summed E-state index contributed by atoms with van der Waals surface area (Å²) in [7, 11) is 0. The van der Waals surface area contributed by atoms with Gasteiger partial charge in [0.25, 0.3) is 0 Å². The Bertz CT molecular complexity index is 538. The van der Waals surface area contributed by atoms with Crippen LogP contribution in [-0.4, -0.2) is 32.1 Å². The van der Waals surface area contributed by atoms with Crippen LogP contribution in [-0.2, 0) is 11.2 Å². The molecule has 2 aliphatic rings. The van der Waals surface area contributed by atoms with Crippen LogP contribution in [0.4, 0.5) is 0 Å². The van der Waals surface area contributed by atoms with Gasteiger partial charge in [-0.15, -0.1) is 0 Å². The van der Waals surface area contributed by atoms with E-state index in [2.05, 4.69) is 28.8 Å². The summed E-state index contributed by atoms with van der Waals surface area (Å²) in [5.74, 6) is 1.16. The Hall–Kier alpha value is -1.55. The van der Waals surface area contributed by atoms with Crippen LogP contribution in [0.2, 0.25) is 0 Å². The molecule has 1 aromatic rings. The second kappa shape index (κ2) is 8.52. The van der Waals surface area contributed by atoms with Gasteiger partial charge in [-0.2, -0.15) is 0 Å². The number of amides is 1. The highest BCUT2D eigenvalue weighted by molar-refractivity contribution is 5.75. The lowest BCUT2D eigenvalue weighted by Crippen LogP contribution is -2.44. The summed E-state index contributed by atoms with van der Waals surface area (Å²) in [5, 5.41) is 6.65. The van der Waals surface area contributed by atoms with E-state index >= 15 is 0 Å². The Kier molecular flexibility index (Phi) is 6.13. The number of rotatable bonds is 0. The summed E-state index contributed by atoms with van der Waals surface area (Å²) in [5.41, 5.74) is 1.60. The summed E-state index contributed by atoms with van der Waals surface area (Å²) in [6, 6.07) is 8.34. The minimum atomic E-state index is 0.168. The molecular formula is C20H30N2O2. The van der Waals surface area contributed by atoms with Crippen LogP contribution in [0.15, 0.2) is 24.3 Å². The minimum absolute atomic E-state index is 0.168. The van der Waals surface area contributed by atoms with Crippen LogP contribution in [0.3, 0.4) is 0 Å². The SMILES string of the molecule is O=C1CCCOc2ccccc2CCCCC2(CCNCC2)CN1. The van der Waals surface area contributed by atoms with E-state index in [4.69, 9.17) is 4.74 Å². The standard InChI is InChI=1S/C20H30N2O2/c23-19-9-5-15-24-18-8-2-1-6-17(18)7-3-4-10-20(16-22-19)11-13-21-14-12-20/h1-2,6,8,21H,3-5,7,9-16H2,(H,22,23). The number of hydrogen-bond donors (Lipinski definition) is 2. The first-order chi connectivity index (χ1) is 11.8. The zero-order valence-corrected chi connectivity index (χ0v) is 14.6. The molecule has 0 saturated carbocycles. The lowest BCUT2D eigenvalue weighted by molar-refractivity contribution is -0.122. The number of carbonyl (C=O) groups is 1. The number of carbonyl (C=O) groups excluding carboxylic acids is 1. The molecule has 24 heavy (non-hydrogen) atoms. The number of fused-ring (bicyclic) bond motifs is 1. The summed E-state index contributed by atoms with van der Waals surface area (Å²) >= 11 is 0. The van der Waals surface area contributed by atoms with Crippen molar-refractivity contribution in [1.29, 1.82) is 0 Å². The minimum Gasteiger partial charge on any atom is -0.493 e. The van der Waals surface area contributed by atoms with Crippen molar-refractivity contribution < 1.29 is 9.53 Å². The molecule has 3 rings (SSSR count). The molecule has 0 radical (unpaired) electrons. The van der Waals surface area contributed by atoms with Gasteiger partial charge in [0, 0.05) is 13.0 Å². The maximum Gasteiger partial charge on any atom is 0.220 e. The Morgan fingerprint density at radius 1 is 0.958 bits per heavy atom. The highest BCUT2D eigenvalue weighted by Gasteiger charge is 2.31. The smallest absolute Gasteiger partial charge is 0.220 e. The van der Waals surface area contributed by atoms with Gasteiger partial charge >= 0.3 is 0 Å². The van der Waals surface area contributed by atoms with Crippen molar-refractivity contribution >= 4 is 5.91 Å². The van der Waals surface area contributed by atoms with Crippen molar-refractivity contribution in [3.05, 3.63) is 29.8 Å². The number of piperidine rings is 1. The fourth-order valence-electron chi connectivity index (χ4n) is 3.93. The van der Waals surface area contributed by atoms with Crippen LogP contribution < -0.4 is 15.4 Å². The second-order valence-electron chi connectivity index (χ2n) is 7.29. The van der Waals surface area contributed by atoms with Crippen molar-refractivity contribution in [3.8, 4) is 5.75 Å². The molecule has 0 bridgehead atoms. The average molecular weight is 330 g/mol. The van der Waals surface area contributed by atoms with Gasteiger partial charge in [0.2, 0.25) is 5.91 Å². The summed E-state index contributed by atoms with van der Waals surface area (Å²) in [4.78, 5) is 12.1. The molecule has 0 atom stereocenters. The Labute approximate surface area is 145 Å². The van der Waals surface area contributed by atoms with Crippen molar-refractivity contribution in [2.24, 2.45) is 5.41 Å². The molecule has 1 spiro atoms. The number of ether oxygens (including phenoxy) is 1. The van der Waals surface area contributed by atoms with Gasteiger partial charge in [-0.3, -0.25) is 4.79 Å². The average Bonchev–Trinajstić information content (AvgIpc) is 2.62. The van der Waals surface area contributed by atoms with Crippen LogP contribution in [0, 0.1) is 5.41 Å². The normalized spacial score (nSPS) is 22.8. The molecule has 0 unspecified atom stereocenters. The fraction of sp³-hybridized carbons (Fsp3) is 0.650. The van der Waals surface area contributed by atoms with E-state index in [9.17, 15) is 4.79 Å². The molecule has 1 aromatic carbocycles. The van der Waals surface area contributed by atoms with Gasteiger partial charge in [0.15, 0.2) is 0 Å². The monoisotopic (exact) mass is 330 g/mol. The third-order valence-electron chi connectivity index (χ3n) is 5.51. The molecule has 4 nitrogen and oxygen atoms in total. The third-order valence-corrected chi connectivity index (χ3v) is 5.51. The largest absolute Gasteiger partial charge is 0.493 e. The van der Waals surface area contributed by atoms with Crippen molar-refractivity contribution in [3.63, 3.8) is 0 Å². The van der Waals surface area contributed by atoms with Crippen LogP contribution >= 0.6 is 0 Å². The van der Waals surface area contributed by atoms with Gasteiger partial charge in [-0.1, -0.05) is 24.6 Å². The maximum atomic E-state index is 12.1. The van der Waals surface area contributed by atoms with Gasteiger partial charge in [0.1, 0.15) is 5.75 Å². The predicted octanol–water partition coefficient (Wildman–Crippen LogP) is 3.06. The van der Waals surface area contributed by atoms with E-state index in [0.29, 0.717) is 18.4 Å². The van der Waals surface area contributed by atoms with Crippen LogP contribution in [0.25, 0.3) is 0 Å². The van der Waals surface area contributed by atoms with Crippen molar-refractivity contribution in [1.82, 2.24) is 10.6 Å². The summed E-state index contributed by atoms with van der Waals surface area (Å²) in [6.07, 6.45) is 8.35. The first kappa shape index (κ1) is 17.3. The number of aryl methyl sites for hydroxylation is 1. The van der Waals surface area contributed by atoms with E-state index < -0.39 is 0 Å². The lowest BCUT2D eigenvalue weighted by atomic mass is 9.74. The highest BCUT2D eigenvalue weighted by Crippen LogP contribution is 2.34. The third kappa shape index (κ3) is 4.73. The zero-order valence-electron chi connectivity index (χ0n) is 14.6. The maximum absolute atomic E-state index is 12.1. The number of nitrogens with one attached hydrogen (secondary N) is 2. The van der Waals surface area contributed by atoms with Gasteiger partial charge < -0.3 is 15.4 Å². The molecule has 2 heterocycles. The van der Waals surface area contributed by atoms with E-state index in [0.717, 1.165) is 38.2 Å². The molecule has 132 valence electrons. The van der Waals surface area contributed by atoms with Crippen molar-refractivity contribution in [2.45, 2.75) is 51.4 Å². The molecule has 1 amide bonds. The van der Waals surface area contributed by atoms with Crippen molar-refractivity contribution in [2.75, 3.05) is 26.2 Å². The van der Waals surface area contributed by atoms with Crippen LogP contribution in [0.1, 0.15) is 50.5 Å². The first-order valence-electron chi connectivity index (χ1n) is 9.46. The molecule has 0 aliphatic carbocycles. The van der Waals surface area contributed by atoms with Crippen LogP contribution in [0.5, 0.6) is 5.75 Å². The fourth-order valence-corrected chi connectivity index (χ4v) is 3.93. The second-order valence-corrected chi connectivity index (χ2v) is 7.29. The first-order valence-corrected chi connectivity index (χ1v) is 9.46. The summed E-state index contributed by atoms with van der Waals surface area (Å²) < 4.78 is 5.90. The highest BCUT2D eigenvalue weighted by atomic mass is 16.5. The molecule has 4 heteroatoms. The predicted molar refractivity (Wildman–Crippen MR) is 96.3 cm³/mol. The Morgan fingerprint density at radius 2 is 1.79 bits per heavy atom. The molecule has 2 aliphatic heterocycles. The van der Waals surface area contributed by atoms with E-state index in [-0.39, 0.29) is 5.91 Å². The molecule has 0 aromatic heterocycles. The number of hydrogen-bond acceptors (Lipinski definition) is 3. The lowest BCUT2D eigenvalue weighted by Gasteiger charge is -2.38. The van der Waals surface area contributed by atoms with E-state index in [1.165, 1.54) is 37.7 Å². The molecule has 1 fully saturated rings. The van der Waals surface area contributed by atoms with E-state index in [1.54, 1.807) is 0 Å². The molecule has 2 N–H and O–H groups in total. The zero-order chi connectivity index (χ0) is 16.7. The Balaban J connectivity index is 1.68. The molecule has 1 saturated heterocycles. The number of benzene rings is 1. The molecular weight excluding hydrogens is 300 g/mol. The summed E-state index contributed by atoms with van der Waals surface area (Å²) in [6.45, 7) is 3.60. The van der Waals surface area contributed by atoms with Gasteiger partial charge in [-0.05, 0) is 68.7 Å². The van der Waals surface area contributed by atoms with Gasteiger partial charge in [0.05, 0.1) is 6.61 Å². The number of para-hydroxylation sites is 1. The Morgan fingerprint density at radius 3 is 2.67 bits per heavy atom. The topological polar surface area (TPSA) is 50.4 Å². The quantitative estimate of drug-likeness (QED) is 0.769. The van der Waals surface area contributed by atoms with E-state index in [1.807, 2.05) is 6.07 Å².